The zero-order valence-electron chi connectivity index (χ0n) is 13.8. The van der Waals surface area contributed by atoms with Crippen molar-refractivity contribution in [1.82, 2.24) is 4.72 Å². The Labute approximate surface area is 154 Å². The number of benzene rings is 2. The fraction of sp³-hybridized carbons (Fsp3) is 0.294. The molecule has 0 aliphatic carbocycles. The van der Waals surface area contributed by atoms with E-state index in [4.69, 9.17) is 0 Å². The third-order valence-electron chi connectivity index (χ3n) is 3.64. The number of aliphatic hydroxyl groups excluding tert-OH is 1. The number of alkyl halides is 3. The minimum atomic E-state index is -4.47. The highest BCUT2D eigenvalue weighted by Gasteiger charge is 2.30. The van der Waals surface area contributed by atoms with Crippen molar-refractivity contribution in [3.05, 3.63) is 65.2 Å². The van der Waals surface area contributed by atoms with Crippen molar-refractivity contribution in [2.24, 2.45) is 0 Å². The Morgan fingerprint density at radius 1 is 1.08 bits per heavy atom. The van der Waals surface area contributed by atoms with Gasteiger partial charge >= 0.3 is 6.18 Å². The van der Waals surface area contributed by atoms with Crippen LogP contribution in [0.15, 0.2) is 53.4 Å². The normalized spacial score (nSPS) is 13.6. The summed E-state index contributed by atoms with van der Waals surface area (Å²) in [5.41, 5.74) is -0.0416. The first-order chi connectivity index (χ1) is 12.1. The van der Waals surface area contributed by atoms with Crippen molar-refractivity contribution in [3.63, 3.8) is 0 Å². The topological polar surface area (TPSA) is 66.4 Å². The molecule has 142 valence electrons. The molecule has 0 radical (unpaired) electrons. The molecule has 1 unspecified atom stereocenters. The Hall–Kier alpha value is -1.55. The van der Waals surface area contributed by atoms with Crippen molar-refractivity contribution >= 4 is 21.8 Å². The SMILES string of the molecule is CSc1ccc(C(O)CNS(=O)(=O)Cc2ccc(C(F)(F)F)cc2)cc1. The van der Waals surface area contributed by atoms with E-state index in [2.05, 4.69) is 4.72 Å². The van der Waals surface area contributed by atoms with Gasteiger partial charge in [0, 0.05) is 11.4 Å². The van der Waals surface area contributed by atoms with Gasteiger partial charge in [-0.3, -0.25) is 0 Å². The van der Waals surface area contributed by atoms with Gasteiger partial charge in [0.15, 0.2) is 0 Å². The number of aliphatic hydroxyl groups is 1. The average molecular weight is 405 g/mol. The molecule has 0 heterocycles. The van der Waals surface area contributed by atoms with Gasteiger partial charge in [-0.2, -0.15) is 13.2 Å². The zero-order valence-corrected chi connectivity index (χ0v) is 15.5. The second-order valence-electron chi connectivity index (χ2n) is 5.59. The first kappa shape index (κ1) is 20.8. The van der Waals surface area contributed by atoms with Gasteiger partial charge in [0.05, 0.1) is 17.4 Å². The van der Waals surface area contributed by atoms with Crippen molar-refractivity contribution < 1.29 is 26.7 Å². The van der Waals surface area contributed by atoms with Crippen molar-refractivity contribution in [3.8, 4) is 0 Å². The summed E-state index contributed by atoms with van der Waals surface area (Å²) >= 11 is 1.55. The molecule has 2 N–H and O–H groups in total. The highest BCUT2D eigenvalue weighted by atomic mass is 32.2. The molecule has 2 aromatic carbocycles. The van der Waals surface area contributed by atoms with E-state index in [0.29, 0.717) is 5.56 Å². The van der Waals surface area contributed by atoms with E-state index in [1.165, 1.54) is 0 Å². The predicted molar refractivity (Wildman–Crippen MR) is 95.3 cm³/mol. The first-order valence-corrected chi connectivity index (χ1v) is 10.4. The molecule has 0 aliphatic rings. The first-order valence-electron chi connectivity index (χ1n) is 7.56. The van der Waals surface area contributed by atoms with E-state index in [9.17, 15) is 26.7 Å². The summed E-state index contributed by atoms with van der Waals surface area (Å²) < 4.78 is 64.0. The number of thioether (sulfide) groups is 1. The van der Waals surface area contributed by atoms with Gasteiger partial charge in [-0.15, -0.1) is 11.8 Å². The Morgan fingerprint density at radius 3 is 2.15 bits per heavy atom. The largest absolute Gasteiger partial charge is 0.416 e. The molecular formula is C17H18F3NO3S2. The number of hydrogen-bond acceptors (Lipinski definition) is 4. The Morgan fingerprint density at radius 2 is 1.65 bits per heavy atom. The quantitative estimate of drug-likeness (QED) is 0.691. The molecule has 0 amide bonds. The lowest BCUT2D eigenvalue weighted by molar-refractivity contribution is -0.137. The third kappa shape index (κ3) is 6.01. The molecular weight excluding hydrogens is 387 g/mol. The number of sulfonamides is 1. The second kappa shape index (κ2) is 8.43. The Kier molecular flexibility index (Phi) is 6.73. The molecule has 0 saturated carbocycles. The molecule has 0 fully saturated rings. The van der Waals surface area contributed by atoms with Crippen LogP contribution in [0.4, 0.5) is 13.2 Å². The van der Waals surface area contributed by atoms with Gasteiger partial charge < -0.3 is 5.11 Å². The van der Waals surface area contributed by atoms with E-state index >= 15 is 0 Å². The molecule has 9 heteroatoms. The van der Waals surface area contributed by atoms with Crippen LogP contribution in [-0.4, -0.2) is 26.3 Å². The maximum Gasteiger partial charge on any atom is 0.416 e. The van der Waals surface area contributed by atoms with Crippen LogP contribution in [0.3, 0.4) is 0 Å². The van der Waals surface area contributed by atoms with Crippen LogP contribution >= 0.6 is 11.8 Å². The van der Waals surface area contributed by atoms with Crippen molar-refractivity contribution in [1.29, 1.82) is 0 Å². The summed E-state index contributed by atoms with van der Waals surface area (Å²) in [4.78, 5) is 1.02. The molecule has 0 saturated heterocycles. The molecule has 2 rings (SSSR count). The van der Waals surface area contributed by atoms with Gasteiger partial charge in [-0.1, -0.05) is 24.3 Å². The average Bonchev–Trinajstić information content (AvgIpc) is 2.59. The lowest BCUT2D eigenvalue weighted by atomic mass is 10.1. The van der Waals surface area contributed by atoms with Gasteiger partial charge in [0.25, 0.3) is 0 Å². The van der Waals surface area contributed by atoms with E-state index in [-0.39, 0.29) is 12.1 Å². The number of halogens is 3. The zero-order chi connectivity index (χ0) is 19.4. The summed E-state index contributed by atoms with van der Waals surface area (Å²) in [7, 11) is -3.79. The van der Waals surface area contributed by atoms with Crippen LogP contribution in [0.25, 0.3) is 0 Å². The number of nitrogens with one attached hydrogen (secondary N) is 1. The molecule has 0 spiro atoms. The van der Waals surface area contributed by atoms with Crippen molar-refractivity contribution in [2.75, 3.05) is 12.8 Å². The smallest absolute Gasteiger partial charge is 0.387 e. The van der Waals surface area contributed by atoms with E-state index in [1.807, 2.05) is 18.4 Å². The highest BCUT2D eigenvalue weighted by Crippen LogP contribution is 2.29. The monoisotopic (exact) mass is 405 g/mol. The second-order valence-corrected chi connectivity index (χ2v) is 8.28. The van der Waals surface area contributed by atoms with Gasteiger partial charge in [-0.25, -0.2) is 13.1 Å². The summed E-state index contributed by atoms with van der Waals surface area (Å²) in [6.45, 7) is -0.221. The minimum absolute atomic E-state index is 0.221. The van der Waals surface area contributed by atoms with Crippen LogP contribution in [0, 0.1) is 0 Å². The van der Waals surface area contributed by atoms with Gasteiger partial charge in [0.1, 0.15) is 0 Å². The fourth-order valence-electron chi connectivity index (χ4n) is 2.21. The maximum atomic E-state index is 12.5. The molecule has 26 heavy (non-hydrogen) atoms. The molecule has 2 aromatic rings. The fourth-order valence-corrected chi connectivity index (χ4v) is 3.76. The third-order valence-corrected chi connectivity index (χ3v) is 5.70. The van der Waals surface area contributed by atoms with Crippen LogP contribution in [0.1, 0.15) is 22.8 Å². The molecule has 4 nitrogen and oxygen atoms in total. The highest BCUT2D eigenvalue weighted by molar-refractivity contribution is 7.98. The van der Waals surface area contributed by atoms with Crippen LogP contribution < -0.4 is 4.72 Å². The van der Waals surface area contributed by atoms with Gasteiger partial charge in [0.2, 0.25) is 10.0 Å². The summed E-state index contributed by atoms with van der Waals surface area (Å²) in [5, 5.41) is 10.1. The van der Waals surface area contributed by atoms with E-state index in [1.54, 1.807) is 23.9 Å². The van der Waals surface area contributed by atoms with E-state index < -0.39 is 33.6 Å². The predicted octanol–water partition coefficient (Wildman–Crippen LogP) is 3.58. The number of hydrogen-bond donors (Lipinski definition) is 2. The van der Waals surface area contributed by atoms with Crippen LogP contribution in [0.5, 0.6) is 0 Å². The van der Waals surface area contributed by atoms with E-state index in [0.717, 1.165) is 29.2 Å². The molecule has 0 aliphatic heterocycles. The minimum Gasteiger partial charge on any atom is -0.387 e. The van der Waals surface area contributed by atoms with Crippen molar-refractivity contribution in [2.45, 2.75) is 22.9 Å². The van der Waals surface area contributed by atoms with Crippen LogP contribution in [0.2, 0.25) is 0 Å². The Balaban J connectivity index is 1.95. The summed E-state index contributed by atoms with van der Waals surface area (Å²) in [5.74, 6) is -0.469. The standard InChI is InChI=1S/C17H18F3NO3S2/c1-25-15-8-4-13(5-9-15)16(22)10-21-26(23,24)11-12-2-6-14(7-3-12)17(18,19)20/h2-9,16,21-22H,10-11H2,1H3. The lowest BCUT2D eigenvalue weighted by Gasteiger charge is -2.13. The van der Waals surface area contributed by atoms with Gasteiger partial charge in [-0.05, 0) is 41.6 Å². The molecule has 0 aromatic heterocycles. The Bertz CT molecular complexity index is 820. The summed E-state index contributed by atoms with van der Waals surface area (Å²) in [6, 6.07) is 11.0. The lowest BCUT2D eigenvalue weighted by Crippen LogP contribution is -2.29. The summed E-state index contributed by atoms with van der Waals surface area (Å²) in [6.07, 6.45) is -3.57. The number of rotatable bonds is 7. The van der Waals surface area contributed by atoms with Crippen LogP contribution in [-0.2, 0) is 22.0 Å². The maximum absolute atomic E-state index is 12.5. The molecule has 0 bridgehead atoms. The molecule has 1 atom stereocenters.